The Hall–Kier alpha value is -3.91. The van der Waals surface area contributed by atoms with Gasteiger partial charge in [0.05, 0.1) is 16.3 Å². The highest BCUT2D eigenvalue weighted by atomic mass is 35.5. The van der Waals surface area contributed by atoms with Gasteiger partial charge in [0.15, 0.2) is 0 Å². The number of carbonyl (C=O) groups excluding carboxylic acids is 2. The number of benzene rings is 3. The first kappa shape index (κ1) is 23.3. The minimum absolute atomic E-state index is 0.0803. The van der Waals surface area contributed by atoms with Crippen LogP contribution in [-0.4, -0.2) is 21.6 Å². The van der Waals surface area contributed by atoms with Gasteiger partial charge in [-0.05, 0) is 36.4 Å². The van der Waals surface area contributed by atoms with Gasteiger partial charge in [0.25, 0.3) is 11.8 Å². The minimum Gasteiger partial charge on any atom is -0.317 e. The smallest absolute Gasteiger partial charge is 0.281 e. The lowest BCUT2D eigenvalue weighted by Gasteiger charge is -2.10. The van der Waals surface area contributed by atoms with E-state index in [0.29, 0.717) is 16.3 Å². The molecule has 0 unspecified atom stereocenters. The van der Waals surface area contributed by atoms with Crippen molar-refractivity contribution in [1.82, 2.24) is 20.5 Å². The van der Waals surface area contributed by atoms with Crippen LogP contribution in [0, 0.1) is 0 Å². The Morgan fingerprint density at radius 3 is 2.26 bits per heavy atom. The van der Waals surface area contributed by atoms with Gasteiger partial charge in [-0.15, -0.1) is 0 Å². The SMILES string of the molecule is NNC(=O)C(=Cc1cn(-c2ccccc2)nc1-c1ccccc1)NC(=O)c1ccc(Cl)cc1Cl. The van der Waals surface area contributed by atoms with Crippen molar-refractivity contribution in [2.24, 2.45) is 5.84 Å². The molecule has 4 rings (SSSR count). The van der Waals surface area contributed by atoms with Crippen LogP contribution in [0.25, 0.3) is 23.0 Å². The zero-order chi connectivity index (χ0) is 24.1. The fraction of sp³-hybridized carbons (Fsp3) is 0. The quantitative estimate of drug-likeness (QED) is 0.158. The van der Waals surface area contributed by atoms with Crippen molar-refractivity contribution < 1.29 is 9.59 Å². The van der Waals surface area contributed by atoms with E-state index < -0.39 is 11.8 Å². The van der Waals surface area contributed by atoms with Gasteiger partial charge in [-0.25, -0.2) is 10.5 Å². The maximum atomic E-state index is 12.9. The van der Waals surface area contributed by atoms with E-state index in [-0.39, 0.29) is 16.3 Å². The van der Waals surface area contributed by atoms with Crippen molar-refractivity contribution in [3.63, 3.8) is 0 Å². The predicted octanol–water partition coefficient (Wildman–Crippen LogP) is 4.61. The molecule has 1 aromatic heterocycles. The molecule has 170 valence electrons. The van der Waals surface area contributed by atoms with Crippen molar-refractivity contribution in [3.05, 3.63) is 112 Å². The number of halogens is 2. The van der Waals surface area contributed by atoms with Crippen LogP contribution in [0.4, 0.5) is 0 Å². The highest BCUT2D eigenvalue weighted by Crippen LogP contribution is 2.26. The lowest BCUT2D eigenvalue weighted by atomic mass is 10.1. The number of hydrogen-bond acceptors (Lipinski definition) is 4. The average molecular weight is 492 g/mol. The van der Waals surface area contributed by atoms with Gasteiger partial charge >= 0.3 is 0 Å². The molecule has 0 saturated carbocycles. The molecule has 0 aliphatic heterocycles. The van der Waals surface area contributed by atoms with E-state index in [4.69, 9.17) is 34.1 Å². The molecule has 0 spiro atoms. The molecule has 0 radical (unpaired) electrons. The third-order valence-electron chi connectivity index (χ3n) is 4.91. The molecular formula is C25H19Cl2N5O2. The summed E-state index contributed by atoms with van der Waals surface area (Å²) in [5.74, 6) is 4.10. The molecule has 4 aromatic rings. The zero-order valence-electron chi connectivity index (χ0n) is 17.7. The summed E-state index contributed by atoms with van der Waals surface area (Å²) in [5.41, 5.74) is 5.02. The predicted molar refractivity (Wildman–Crippen MR) is 133 cm³/mol. The summed E-state index contributed by atoms with van der Waals surface area (Å²) in [4.78, 5) is 25.4. The maximum absolute atomic E-state index is 12.9. The summed E-state index contributed by atoms with van der Waals surface area (Å²) in [7, 11) is 0. The summed E-state index contributed by atoms with van der Waals surface area (Å²) in [6.07, 6.45) is 3.28. The van der Waals surface area contributed by atoms with Crippen molar-refractivity contribution in [2.45, 2.75) is 0 Å². The lowest BCUT2D eigenvalue weighted by Crippen LogP contribution is -2.38. The van der Waals surface area contributed by atoms with E-state index in [1.54, 1.807) is 10.9 Å². The fourth-order valence-electron chi connectivity index (χ4n) is 3.28. The van der Waals surface area contributed by atoms with Crippen LogP contribution < -0.4 is 16.6 Å². The van der Waals surface area contributed by atoms with Crippen molar-refractivity contribution in [2.75, 3.05) is 0 Å². The van der Waals surface area contributed by atoms with Crippen LogP contribution in [0.5, 0.6) is 0 Å². The Balaban J connectivity index is 1.78. The van der Waals surface area contributed by atoms with Gasteiger partial charge in [0, 0.05) is 22.3 Å². The zero-order valence-corrected chi connectivity index (χ0v) is 19.2. The molecule has 2 amide bonds. The van der Waals surface area contributed by atoms with Gasteiger partial charge in [0.1, 0.15) is 11.4 Å². The Morgan fingerprint density at radius 1 is 0.941 bits per heavy atom. The van der Waals surface area contributed by atoms with E-state index in [1.807, 2.05) is 60.7 Å². The monoisotopic (exact) mass is 491 g/mol. The van der Waals surface area contributed by atoms with Gasteiger partial charge < -0.3 is 5.32 Å². The number of hydrogen-bond donors (Lipinski definition) is 3. The summed E-state index contributed by atoms with van der Waals surface area (Å²) < 4.78 is 1.70. The van der Waals surface area contributed by atoms with Gasteiger partial charge in [-0.3, -0.25) is 15.0 Å². The second kappa shape index (κ2) is 10.4. The number of rotatable bonds is 6. The van der Waals surface area contributed by atoms with Crippen molar-refractivity contribution in [3.8, 4) is 16.9 Å². The second-order valence-corrected chi connectivity index (χ2v) is 8.03. The first-order valence-electron chi connectivity index (χ1n) is 10.2. The van der Waals surface area contributed by atoms with E-state index in [9.17, 15) is 9.59 Å². The Kier molecular flexibility index (Phi) is 7.08. The maximum Gasteiger partial charge on any atom is 0.281 e. The first-order valence-corrected chi connectivity index (χ1v) is 10.9. The molecule has 1 heterocycles. The summed E-state index contributed by atoms with van der Waals surface area (Å²) in [5, 5.41) is 7.84. The van der Waals surface area contributed by atoms with Gasteiger partial charge in [0.2, 0.25) is 0 Å². The van der Waals surface area contributed by atoms with Crippen molar-refractivity contribution >= 4 is 41.1 Å². The summed E-state index contributed by atoms with van der Waals surface area (Å²) >= 11 is 12.1. The molecule has 9 heteroatoms. The van der Waals surface area contributed by atoms with E-state index >= 15 is 0 Å². The standard InChI is InChI=1S/C25H19Cl2N5O2/c26-18-11-12-20(21(27)14-18)24(33)29-22(25(34)30-28)13-17-15-32(19-9-5-2-6-10-19)31-23(17)16-7-3-1-4-8-16/h1-15H,28H2,(H,29,33)(H,30,34). The Bertz CT molecular complexity index is 1370. The number of para-hydroxylation sites is 1. The highest BCUT2D eigenvalue weighted by molar-refractivity contribution is 6.36. The largest absolute Gasteiger partial charge is 0.317 e. The van der Waals surface area contributed by atoms with Crippen molar-refractivity contribution in [1.29, 1.82) is 0 Å². The molecule has 0 aliphatic rings. The molecule has 0 atom stereocenters. The Morgan fingerprint density at radius 2 is 1.62 bits per heavy atom. The van der Waals surface area contributed by atoms with E-state index in [1.165, 1.54) is 24.3 Å². The molecule has 0 bridgehead atoms. The number of nitrogens with two attached hydrogens (primary N) is 1. The topological polar surface area (TPSA) is 102 Å². The fourth-order valence-corrected chi connectivity index (χ4v) is 3.78. The molecule has 0 saturated heterocycles. The highest BCUT2D eigenvalue weighted by Gasteiger charge is 2.19. The van der Waals surface area contributed by atoms with E-state index in [2.05, 4.69) is 10.7 Å². The molecule has 34 heavy (non-hydrogen) atoms. The first-order chi connectivity index (χ1) is 16.5. The molecule has 0 aliphatic carbocycles. The third kappa shape index (κ3) is 5.18. The molecule has 7 nitrogen and oxygen atoms in total. The van der Waals surface area contributed by atoms with Gasteiger partial charge in [-0.1, -0.05) is 71.7 Å². The van der Waals surface area contributed by atoms with Crippen LogP contribution in [0.3, 0.4) is 0 Å². The van der Waals surface area contributed by atoms with E-state index in [0.717, 1.165) is 11.3 Å². The van der Waals surface area contributed by atoms with Crippen LogP contribution in [0.15, 0.2) is 90.8 Å². The normalized spacial score (nSPS) is 11.2. The number of amides is 2. The Labute approximate surface area is 205 Å². The number of aromatic nitrogens is 2. The summed E-state index contributed by atoms with van der Waals surface area (Å²) in [6, 6.07) is 23.5. The van der Waals surface area contributed by atoms with Crippen LogP contribution in [0.1, 0.15) is 15.9 Å². The van der Waals surface area contributed by atoms with Crippen LogP contribution in [-0.2, 0) is 4.79 Å². The third-order valence-corrected chi connectivity index (χ3v) is 5.46. The lowest BCUT2D eigenvalue weighted by molar-refractivity contribution is -0.117. The second-order valence-electron chi connectivity index (χ2n) is 7.19. The minimum atomic E-state index is -0.690. The average Bonchev–Trinajstić information content (AvgIpc) is 3.28. The number of hydrazine groups is 1. The molecule has 3 aromatic carbocycles. The van der Waals surface area contributed by atoms with Crippen LogP contribution in [0.2, 0.25) is 10.0 Å². The molecular weight excluding hydrogens is 473 g/mol. The molecule has 4 N–H and O–H groups in total. The summed E-state index contributed by atoms with van der Waals surface area (Å²) in [6.45, 7) is 0. The number of nitrogens with one attached hydrogen (secondary N) is 2. The number of carbonyl (C=O) groups is 2. The number of nitrogens with zero attached hydrogens (tertiary/aromatic N) is 2. The van der Waals surface area contributed by atoms with Gasteiger partial charge in [-0.2, -0.15) is 5.10 Å². The van der Waals surface area contributed by atoms with Crippen LogP contribution >= 0.6 is 23.2 Å². The molecule has 0 fully saturated rings.